The van der Waals surface area contributed by atoms with Gasteiger partial charge in [0.1, 0.15) is 23.5 Å². The third kappa shape index (κ3) is 5.59. The first-order valence-corrected chi connectivity index (χ1v) is 12.6. The van der Waals surface area contributed by atoms with Crippen LogP contribution in [0.3, 0.4) is 0 Å². The number of amides is 1. The van der Waals surface area contributed by atoms with Gasteiger partial charge in [-0.25, -0.2) is 4.39 Å². The van der Waals surface area contributed by atoms with Gasteiger partial charge in [-0.05, 0) is 30.7 Å². The average molecular weight is 485 g/mol. The minimum Gasteiger partial charge on any atom is -0.486 e. The van der Waals surface area contributed by atoms with Crippen LogP contribution in [0.4, 0.5) is 4.39 Å². The number of hydrogen-bond acceptors (Lipinski definition) is 6. The fourth-order valence-electron chi connectivity index (χ4n) is 3.57. The minimum absolute atomic E-state index is 0.0519. The lowest BCUT2D eigenvalue weighted by atomic mass is 10.2. The van der Waals surface area contributed by atoms with E-state index in [-0.39, 0.29) is 29.5 Å². The fourth-order valence-corrected chi connectivity index (χ4v) is 5.72. The zero-order chi connectivity index (χ0) is 23.2. The van der Waals surface area contributed by atoms with Crippen molar-refractivity contribution in [2.75, 3.05) is 18.1 Å². The largest absolute Gasteiger partial charge is 0.486 e. The third-order valence-electron chi connectivity index (χ3n) is 5.17. The van der Waals surface area contributed by atoms with Gasteiger partial charge in [0.25, 0.3) is 0 Å². The van der Waals surface area contributed by atoms with Crippen molar-refractivity contribution in [1.82, 2.24) is 19.7 Å². The third-order valence-corrected chi connectivity index (χ3v) is 7.36. The van der Waals surface area contributed by atoms with Gasteiger partial charge < -0.3 is 9.64 Å². The van der Waals surface area contributed by atoms with E-state index in [9.17, 15) is 9.18 Å². The van der Waals surface area contributed by atoms with Crippen molar-refractivity contribution in [2.45, 2.75) is 30.6 Å². The Morgan fingerprint density at radius 3 is 2.94 bits per heavy atom. The van der Waals surface area contributed by atoms with E-state index in [1.165, 1.54) is 17.8 Å². The molecule has 2 heterocycles. The first-order chi connectivity index (χ1) is 16.1. The van der Waals surface area contributed by atoms with Gasteiger partial charge in [-0.15, -0.1) is 28.5 Å². The average Bonchev–Trinajstić information content (AvgIpc) is 3.44. The van der Waals surface area contributed by atoms with Gasteiger partial charge in [0.15, 0.2) is 11.0 Å². The molecule has 6 nitrogen and oxygen atoms in total. The first kappa shape index (κ1) is 23.4. The molecule has 1 atom stereocenters. The van der Waals surface area contributed by atoms with Crippen LogP contribution in [-0.4, -0.2) is 43.6 Å². The maximum Gasteiger partial charge on any atom is 0.234 e. The van der Waals surface area contributed by atoms with E-state index in [1.807, 2.05) is 35.8 Å². The number of nitrogens with zero attached hydrogens (tertiary/aromatic N) is 4. The maximum absolute atomic E-state index is 14.3. The zero-order valence-corrected chi connectivity index (χ0v) is 19.9. The number of halogens is 1. The molecule has 2 aromatic carbocycles. The maximum atomic E-state index is 14.3. The molecule has 172 valence electrons. The molecule has 0 radical (unpaired) electrons. The Labute approximate surface area is 201 Å². The summed E-state index contributed by atoms with van der Waals surface area (Å²) >= 11 is 2.90. The number of carbonyl (C=O) groups excluding carboxylic acids is 1. The van der Waals surface area contributed by atoms with Crippen LogP contribution in [0.2, 0.25) is 0 Å². The number of carbonyl (C=O) groups is 1. The van der Waals surface area contributed by atoms with E-state index >= 15 is 0 Å². The molecule has 0 N–H and O–H groups in total. The molecule has 0 spiro atoms. The summed E-state index contributed by atoms with van der Waals surface area (Å²) in [5.41, 5.74) is 1.66. The first-order valence-electron chi connectivity index (χ1n) is 10.6. The summed E-state index contributed by atoms with van der Waals surface area (Å²) in [7, 11) is 0. The summed E-state index contributed by atoms with van der Waals surface area (Å²) in [4.78, 5) is 14.7. The molecule has 0 saturated carbocycles. The highest BCUT2D eigenvalue weighted by atomic mass is 32.2. The SMILES string of the molecule is C=CCn1c(COc2cccc(C)c2)nnc1SCC(=O)N1CCS[C@@H]1c1ccccc1F. The van der Waals surface area contributed by atoms with Gasteiger partial charge in [0.05, 0.1) is 5.75 Å². The molecule has 0 bridgehead atoms. The van der Waals surface area contributed by atoms with Gasteiger partial charge in [0.2, 0.25) is 5.91 Å². The van der Waals surface area contributed by atoms with Crippen LogP contribution in [0.5, 0.6) is 5.75 Å². The van der Waals surface area contributed by atoms with Crippen LogP contribution in [0.1, 0.15) is 22.3 Å². The Bertz CT molecular complexity index is 1140. The van der Waals surface area contributed by atoms with Crippen LogP contribution in [0, 0.1) is 12.7 Å². The number of ether oxygens (including phenoxy) is 1. The van der Waals surface area contributed by atoms with Gasteiger partial charge in [-0.2, -0.15) is 0 Å². The summed E-state index contributed by atoms with van der Waals surface area (Å²) in [5, 5.41) is 8.85. The number of thioether (sulfide) groups is 2. The van der Waals surface area contributed by atoms with Crippen molar-refractivity contribution >= 4 is 29.4 Å². The van der Waals surface area contributed by atoms with Crippen LogP contribution in [0.15, 0.2) is 66.3 Å². The Balaban J connectivity index is 1.41. The van der Waals surface area contributed by atoms with Crippen molar-refractivity contribution in [2.24, 2.45) is 0 Å². The normalized spacial score (nSPS) is 15.6. The highest BCUT2D eigenvalue weighted by molar-refractivity contribution is 8.00. The second-order valence-electron chi connectivity index (χ2n) is 7.52. The fraction of sp³-hybridized carbons (Fsp3) is 0.292. The molecule has 3 aromatic rings. The number of hydrogen-bond donors (Lipinski definition) is 0. The standard InChI is InChI=1S/C24H25FN4O2S2/c1-3-11-28-21(15-31-18-8-6-7-17(2)14-18)26-27-24(28)33-16-22(30)29-12-13-32-23(29)19-9-4-5-10-20(19)25/h3-10,14,23H,1,11-13,15-16H2,2H3/t23-/m1/s1. The van der Waals surface area contributed by atoms with E-state index in [4.69, 9.17) is 4.74 Å². The highest BCUT2D eigenvalue weighted by Crippen LogP contribution is 2.39. The molecule has 33 heavy (non-hydrogen) atoms. The van der Waals surface area contributed by atoms with Crippen LogP contribution >= 0.6 is 23.5 Å². The number of benzene rings is 2. The summed E-state index contributed by atoms with van der Waals surface area (Å²) in [6, 6.07) is 14.4. The van der Waals surface area contributed by atoms with Crippen molar-refractivity contribution in [3.63, 3.8) is 0 Å². The number of rotatable bonds is 9. The monoisotopic (exact) mass is 484 g/mol. The molecule has 4 rings (SSSR count). The molecule has 9 heteroatoms. The zero-order valence-electron chi connectivity index (χ0n) is 18.3. The van der Waals surface area contributed by atoms with Gasteiger partial charge in [-0.1, -0.05) is 48.2 Å². The smallest absolute Gasteiger partial charge is 0.234 e. The highest BCUT2D eigenvalue weighted by Gasteiger charge is 2.32. The van der Waals surface area contributed by atoms with Gasteiger partial charge in [0, 0.05) is 24.4 Å². The molecular weight excluding hydrogens is 459 g/mol. The summed E-state index contributed by atoms with van der Waals surface area (Å²) in [6.45, 7) is 7.19. The molecular formula is C24H25FN4O2S2. The Hall–Kier alpha value is -2.78. The van der Waals surface area contributed by atoms with Gasteiger partial charge >= 0.3 is 0 Å². The van der Waals surface area contributed by atoms with Crippen molar-refractivity contribution in [3.8, 4) is 5.75 Å². The van der Waals surface area contributed by atoms with E-state index in [0.29, 0.717) is 29.6 Å². The predicted molar refractivity (Wildman–Crippen MR) is 130 cm³/mol. The summed E-state index contributed by atoms with van der Waals surface area (Å²) < 4.78 is 22.1. The molecule has 1 amide bonds. The second kappa shape index (κ2) is 10.9. The Morgan fingerprint density at radius 2 is 2.15 bits per heavy atom. The number of allylic oxidation sites excluding steroid dienone is 1. The van der Waals surface area contributed by atoms with Crippen molar-refractivity contribution < 1.29 is 13.9 Å². The minimum atomic E-state index is -0.302. The van der Waals surface area contributed by atoms with E-state index in [1.54, 1.807) is 40.9 Å². The molecule has 1 aliphatic rings. The lowest BCUT2D eigenvalue weighted by Gasteiger charge is -2.24. The molecule has 0 aliphatic carbocycles. The lowest BCUT2D eigenvalue weighted by molar-refractivity contribution is -0.128. The predicted octanol–water partition coefficient (Wildman–Crippen LogP) is 4.86. The quantitative estimate of drug-likeness (QED) is 0.319. The van der Waals surface area contributed by atoms with Crippen LogP contribution in [0.25, 0.3) is 0 Å². The van der Waals surface area contributed by atoms with E-state index in [2.05, 4.69) is 16.8 Å². The number of aromatic nitrogens is 3. The van der Waals surface area contributed by atoms with E-state index < -0.39 is 0 Å². The van der Waals surface area contributed by atoms with Crippen LogP contribution < -0.4 is 4.74 Å². The topological polar surface area (TPSA) is 60.2 Å². The summed E-state index contributed by atoms with van der Waals surface area (Å²) in [5.74, 6) is 2.06. The van der Waals surface area contributed by atoms with Gasteiger partial charge in [-0.3, -0.25) is 9.36 Å². The van der Waals surface area contributed by atoms with E-state index in [0.717, 1.165) is 17.1 Å². The Kier molecular flexibility index (Phi) is 7.72. The van der Waals surface area contributed by atoms with Crippen molar-refractivity contribution in [1.29, 1.82) is 0 Å². The van der Waals surface area contributed by atoms with Crippen LogP contribution in [-0.2, 0) is 17.9 Å². The number of aryl methyl sites for hydroxylation is 1. The molecule has 0 unspecified atom stereocenters. The lowest BCUT2D eigenvalue weighted by Crippen LogP contribution is -2.32. The second-order valence-corrected chi connectivity index (χ2v) is 9.65. The Morgan fingerprint density at radius 1 is 1.30 bits per heavy atom. The summed E-state index contributed by atoms with van der Waals surface area (Å²) in [6.07, 6.45) is 1.76. The van der Waals surface area contributed by atoms with Crippen molar-refractivity contribution in [3.05, 3.63) is 84.0 Å². The molecule has 1 saturated heterocycles. The molecule has 1 fully saturated rings. The molecule has 1 aromatic heterocycles. The molecule has 1 aliphatic heterocycles.